The number of aliphatic hydroxyl groups is 1. The van der Waals surface area contributed by atoms with Crippen LogP contribution in [-0.4, -0.2) is 17.6 Å². The van der Waals surface area contributed by atoms with Crippen LogP contribution in [0.25, 0.3) is 0 Å². The SMILES string of the molecule is C[C@@H](CC(=O)Nc1ccc(CCO)cc1)CC(C)(C)C. The molecule has 20 heavy (non-hydrogen) atoms. The predicted molar refractivity (Wildman–Crippen MR) is 83.7 cm³/mol. The molecule has 0 unspecified atom stereocenters. The summed E-state index contributed by atoms with van der Waals surface area (Å²) in [6, 6.07) is 7.64. The summed E-state index contributed by atoms with van der Waals surface area (Å²) in [5, 5.41) is 11.8. The number of amides is 1. The first-order valence-electron chi connectivity index (χ1n) is 7.30. The van der Waals surface area contributed by atoms with E-state index in [4.69, 9.17) is 5.11 Å². The molecule has 0 fully saturated rings. The summed E-state index contributed by atoms with van der Waals surface area (Å²) in [6.45, 7) is 8.86. The van der Waals surface area contributed by atoms with E-state index in [-0.39, 0.29) is 17.9 Å². The Kier molecular flexibility index (Phi) is 6.21. The highest BCUT2D eigenvalue weighted by molar-refractivity contribution is 5.90. The lowest BCUT2D eigenvalue weighted by atomic mass is 9.84. The molecule has 0 saturated heterocycles. The third-order valence-corrected chi connectivity index (χ3v) is 3.13. The van der Waals surface area contributed by atoms with Gasteiger partial charge in [-0.15, -0.1) is 0 Å². The van der Waals surface area contributed by atoms with Gasteiger partial charge in [0.25, 0.3) is 0 Å². The van der Waals surface area contributed by atoms with Crippen LogP contribution in [0.1, 0.15) is 46.1 Å². The zero-order chi connectivity index (χ0) is 15.2. The molecule has 0 radical (unpaired) electrons. The molecule has 1 aromatic carbocycles. The standard InChI is InChI=1S/C17H27NO2/c1-13(12-17(2,3)4)11-16(20)18-15-7-5-14(6-8-15)9-10-19/h5-8,13,19H,9-12H2,1-4H3,(H,18,20)/t13-/m0/s1. The monoisotopic (exact) mass is 277 g/mol. The van der Waals surface area contributed by atoms with Crippen molar-refractivity contribution in [3.63, 3.8) is 0 Å². The molecule has 0 aliphatic heterocycles. The third kappa shape index (κ3) is 6.71. The highest BCUT2D eigenvalue weighted by atomic mass is 16.2. The minimum atomic E-state index is 0.0664. The van der Waals surface area contributed by atoms with Gasteiger partial charge in [-0.2, -0.15) is 0 Å². The van der Waals surface area contributed by atoms with Gasteiger partial charge in [0.1, 0.15) is 0 Å². The van der Waals surface area contributed by atoms with E-state index in [0.29, 0.717) is 18.8 Å². The maximum Gasteiger partial charge on any atom is 0.224 e. The zero-order valence-electron chi connectivity index (χ0n) is 13.1. The molecule has 112 valence electrons. The number of anilines is 1. The van der Waals surface area contributed by atoms with Crippen molar-refractivity contribution in [2.24, 2.45) is 11.3 Å². The number of aliphatic hydroxyl groups excluding tert-OH is 1. The minimum absolute atomic E-state index is 0.0664. The second-order valence-corrected chi connectivity index (χ2v) is 6.79. The van der Waals surface area contributed by atoms with Crippen molar-refractivity contribution >= 4 is 11.6 Å². The van der Waals surface area contributed by atoms with Crippen molar-refractivity contribution in [2.45, 2.75) is 47.0 Å². The molecule has 0 aliphatic rings. The molecule has 0 heterocycles. The average molecular weight is 277 g/mol. The van der Waals surface area contributed by atoms with Crippen LogP contribution in [0.2, 0.25) is 0 Å². The van der Waals surface area contributed by atoms with Crippen molar-refractivity contribution in [1.29, 1.82) is 0 Å². The number of hydrogen-bond acceptors (Lipinski definition) is 2. The van der Waals surface area contributed by atoms with Crippen molar-refractivity contribution in [2.75, 3.05) is 11.9 Å². The van der Waals surface area contributed by atoms with Gasteiger partial charge in [-0.05, 0) is 41.9 Å². The highest BCUT2D eigenvalue weighted by Gasteiger charge is 2.17. The fourth-order valence-electron chi connectivity index (χ4n) is 2.53. The lowest BCUT2D eigenvalue weighted by molar-refractivity contribution is -0.117. The Morgan fingerprint density at radius 2 is 1.85 bits per heavy atom. The second kappa shape index (κ2) is 7.44. The number of nitrogens with one attached hydrogen (secondary N) is 1. The van der Waals surface area contributed by atoms with Gasteiger partial charge in [-0.3, -0.25) is 4.79 Å². The normalized spacial score (nSPS) is 13.1. The summed E-state index contributed by atoms with van der Waals surface area (Å²) in [4.78, 5) is 12.0. The van der Waals surface area contributed by atoms with Crippen molar-refractivity contribution in [1.82, 2.24) is 0 Å². The minimum Gasteiger partial charge on any atom is -0.396 e. The first-order valence-corrected chi connectivity index (χ1v) is 7.30. The molecule has 1 rings (SSSR count). The maximum absolute atomic E-state index is 12.0. The maximum atomic E-state index is 12.0. The highest BCUT2D eigenvalue weighted by Crippen LogP contribution is 2.26. The first kappa shape index (κ1) is 16.7. The molecule has 0 spiro atoms. The van der Waals surface area contributed by atoms with Crippen LogP contribution in [0.4, 0.5) is 5.69 Å². The summed E-state index contributed by atoms with van der Waals surface area (Å²) in [7, 11) is 0. The second-order valence-electron chi connectivity index (χ2n) is 6.79. The van der Waals surface area contributed by atoms with Crippen LogP contribution in [-0.2, 0) is 11.2 Å². The van der Waals surface area contributed by atoms with Gasteiger partial charge in [0, 0.05) is 18.7 Å². The number of hydrogen-bond donors (Lipinski definition) is 2. The Balaban J connectivity index is 2.45. The molecule has 3 nitrogen and oxygen atoms in total. The van der Waals surface area contributed by atoms with E-state index in [1.807, 2.05) is 24.3 Å². The molecule has 1 amide bonds. The molecule has 0 aliphatic carbocycles. The molecular weight excluding hydrogens is 250 g/mol. The Hall–Kier alpha value is -1.35. The van der Waals surface area contributed by atoms with E-state index >= 15 is 0 Å². The molecule has 3 heteroatoms. The van der Waals surface area contributed by atoms with Crippen molar-refractivity contribution in [3.8, 4) is 0 Å². The van der Waals surface area contributed by atoms with Gasteiger partial charge in [-0.25, -0.2) is 0 Å². The van der Waals surface area contributed by atoms with Crippen LogP contribution in [0, 0.1) is 11.3 Å². The van der Waals surface area contributed by atoms with E-state index < -0.39 is 0 Å². The lowest BCUT2D eigenvalue weighted by Gasteiger charge is -2.22. The third-order valence-electron chi connectivity index (χ3n) is 3.13. The largest absolute Gasteiger partial charge is 0.396 e. The van der Waals surface area contributed by atoms with Crippen LogP contribution in [0.5, 0.6) is 0 Å². The van der Waals surface area contributed by atoms with E-state index in [0.717, 1.165) is 17.7 Å². The van der Waals surface area contributed by atoms with Gasteiger partial charge in [0.2, 0.25) is 5.91 Å². The number of carbonyl (C=O) groups is 1. The molecule has 2 N–H and O–H groups in total. The van der Waals surface area contributed by atoms with Crippen LogP contribution in [0.3, 0.4) is 0 Å². The Morgan fingerprint density at radius 3 is 2.35 bits per heavy atom. The first-order chi connectivity index (χ1) is 9.30. The number of benzene rings is 1. The topological polar surface area (TPSA) is 49.3 Å². The van der Waals surface area contributed by atoms with Crippen LogP contribution in [0.15, 0.2) is 24.3 Å². The molecule has 1 atom stereocenters. The smallest absolute Gasteiger partial charge is 0.224 e. The van der Waals surface area contributed by atoms with E-state index in [9.17, 15) is 4.79 Å². The lowest BCUT2D eigenvalue weighted by Crippen LogP contribution is -2.18. The number of carbonyl (C=O) groups excluding carboxylic acids is 1. The summed E-state index contributed by atoms with van der Waals surface area (Å²) >= 11 is 0. The molecule has 0 saturated carbocycles. The van der Waals surface area contributed by atoms with Gasteiger partial charge < -0.3 is 10.4 Å². The van der Waals surface area contributed by atoms with Crippen LogP contribution < -0.4 is 5.32 Å². The molecule has 1 aromatic rings. The fourth-order valence-corrected chi connectivity index (χ4v) is 2.53. The summed E-state index contributed by atoms with van der Waals surface area (Å²) in [6.07, 6.45) is 2.24. The van der Waals surface area contributed by atoms with Crippen molar-refractivity contribution < 1.29 is 9.90 Å². The molecule has 0 aromatic heterocycles. The van der Waals surface area contributed by atoms with Gasteiger partial charge in [0.15, 0.2) is 0 Å². The van der Waals surface area contributed by atoms with E-state index in [2.05, 4.69) is 33.0 Å². The Morgan fingerprint density at radius 1 is 1.25 bits per heavy atom. The summed E-state index contributed by atoms with van der Waals surface area (Å²) in [5.74, 6) is 0.445. The summed E-state index contributed by atoms with van der Waals surface area (Å²) in [5.41, 5.74) is 2.15. The molecule has 0 bridgehead atoms. The van der Waals surface area contributed by atoms with Gasteiger partial charge >= 0.3 is 0 Å². The van der Waals surface area contributed by atoms with E-state index in [1.54, 1.807) is 0 Å². The Bertz CT molecular complexity index is 418. The van der Waals surface area contributed by atoms with Crippen molar-refractivity contribution in [3.05, 3.63) is 29.8 Å². The molecular formula is C17H27NO2. The van der Waals surface area contributed by atoms with Crippen LogP contribution >= 0.6 is 0 Å². The summed E-state index contributed by atoms with van der Waals surface area (Å²) < 4.78 is 0. The quantitative estimate of drug-likeness (QED) is 0.834. The van der Waals surface area contributed by atoms with Gasteiger partial charge in [-0.1, -0.05) is 39.8 Å². The average Bonchev–Trinajstić information content (AvgIpc) is 2.29. The fraction of sp³-hybridized carbons (Fsp3) is 0.588. The van der Waals surface area contributed by atoms with E-state index in [1.165, 1.54) is 0 Å². The Labute approximate surface area is 122 Å². The zero-order valence-corrected chi connectivity index (χ0v) is 13.1. The van der Waals surface area contributed by atoms with Gasteiger partial charge in [0.05, 0.1) is 0 Å². The predicted octanol–water partition coefficient (Wildman–Crippen LogP) is 3.62. The number of rotatable bonds is 6.